The van der Waals surface area contributed by atoms with Crippen LogP contribution < -0.4 is 22.1 Å². The summed E-state index contributed by atoms with van der Waals surface area (Å²) >= 11 is 0. The Hall–Kier alpha value is -2.80. The van der Waals surface area contributed by atoms with Gasteiger partial charge in [0.2, 0.25) is 5.91 Å². The molecular weight excluding hydrogens is 318 g/mol. The number of aromatic hydroxyl groups is 1. The molecule has 1 atom stereocenters. The minimum absolute atomic E-state index is 0.0237. The molecule has 2 heterocycles. The van der Waals surface area contributed by atoms with Gasteiger partial charge in [0.1, 0.15) is 11.6 Å². The average Bonchev–Trinajstić information content (AvgIpc) is 2.58. The molecule has 1 amide bonds. The molecule has 1 fully saturated rings. The standard InChI is InChI=1S/C18H23N5O2/c1-10(24)22-13-5-2-6-15(25)16(13)14-8-12(17(19)18(20)23-14)11-4-3-7-21-9-11/h2,5-6,8,11,21,25H,3-4,7,9,19H2,1H3,(H2,20,23)(H,22,24). The highest BCUT2D eigenvalue weighted by atomic mass is 16.3. The highest BCUT2D eigenvalue weighted by Gasteiger charge is 2.22. The van der Waals surface area contributed by atoms with E-state index in [2.05, 4.69) is 15.6 Å². The number of aromatic nitrogens is 1. The van der Waals surface area contributed by atoms with Gasteiger partial charge in [-0.15, -0.1) is 0 Å². The minimum Gasteiger partial charge on any atom is -0.507 e. The second kappa shape index (κ2) is 6.98. The zero-order chi connectivity index (χ0) is 18.0. The van der Waals surface area contributed by atoms with Crippen LogP contribution >= 0.6 is 0 Å². The SMILES string of the molecule is CC(=O)Nc1cccc(O)c1-c1cc(C2CCCNC2)c(N)c(N)n1. The summed E-state index contributed by atoms with van der Waals surface area (Å²) in [5.41, 5.74) is 15.0. The second-order valence-corrected chi connectivity index (χ2v) is 6.32. The fraction of sp³-hybridized carbons (Fsp3) is 0.333. The molecule has 1 aliphatic rings. The summed E-state index contributed by atoms with van der Waals surface area (Å²) in [6.45, 7) is 3.24. The highest BCUT2D eigenvalue weighted by molar-refractivity contribution is 5.95. The third kappa shape index (κ3) is 3.51. The molecule has 1 saturated heterocycles. The predicted molar refractivity (Wildman–Crippen MR) is 99.3 cm³/mol. The number of nitrogens with two attached hydrogens (primary N) is 2. The monoisotopic (exact) mass is 341 g/mol. The molecule has 7 heteroatoms. The summed E-state index contributed by atoms with van der Waals surface area (Å²) in [5, 5.41) is 16.4. The van der Waals surface area contributed by atoms with E-state index in [9.17, 15) is 9.90 Å². The zero-order valence-corrected chi connectivity index (χ0v) is 14.2. The summed E-state index contributed by atoms with van der Waals surface area (Å²) in [4.78, 5) is 15.8. The van der Waals surface area contributed by atoms with Gasteiger partial charge < -0.3 is 27.2 Å². The van der Waals surface area contributed by atoms with Crippen molar-refractivity contribution in [3.8, 4) is 17.0 Å². The van der Waals surface area contributed by atoms with E-state index < -0.39 is 0 Å². The zero-order valence-electron chi connectivity index (χ0n) is 14.2. The molecule has 1 aromatic heterocycles. The second-order valence-electron chi connectivity index (χ2n) is 6.32. The summed E-state index contributed by atoms with van der Waals surface area (Å²) in [6.07, 6.45) is 2.08. The van der Waals surface area contributed by atoms with Gasteiger partial charge in [0.25, 0.3) is 0 Å². The van der Waals surface area contributed by atoms with Gasteiger partial charge in [-0.05, 0) is 49.1 Å². The molecule has 7 N–H and O–H groups in total. The third-order valence-corrected chi connectivity index (χ3v) is 4.47. The van der Waals surface area contributed by atoms with Crippen molar-refractivity contribution in [2.45, 2.75) is 25.7 Å². The number of anilines is 3. The molecule has 1 aromatic carbocycles. The minimum atomic E-state index is -0.230. The molecule has 132 valence electrons. The van der Waals surface area contributed by atoms with E-state index in [1.807, 2.05) is 6.07 Å². The largest absolute Gasteiger partial charge is 0.507 e. The first-order valence-corrected chi connectivity index (χ1v) is 8.34. The van der Waals surface area contributed by atoms with Crippen LogP contribution in [-0.2, 0) is 4.79 Å². The molecule has 0 saturated carbocycles. The van der Waals surface area contributed by atoms with Crippen molar-refractivity contribution in [2.24, 2.45) is 0 Å². The number of rotatable bonds is 3. The van der Waals surface area contributed by atoms with Crippen LogP contribution in [0.3, 0.4) is 0 Å². The van der Waals surface area contributed by atoms with Crippen LogP contribution in [0.2, 0.25) is 0 Å². The van der Waals surface area contributed by atoms with Gasteiger partial charge in [0, 0.05) is 13.5 Å². The number of carbonyl (C=O) groups is 1. The Bertz CT molecular complexity index is 800. The fourth-order valence-corrected chi connectivity index (χ4v) is 3.28. The molecule has 0 bridgehead atoms. The first kappa shape index (κ1) is 17.0. The number of pyridine rings is 1. The Morgan fingerprint density at radius 3 is 2.88 bits per heavy atom. The lowest BCUT2D eigenvalue weighted by atomic mass is 9.89. The molecule has 0 aliphatic carbocycles. The van der Waals surface area contributed by atoms with E-state index in [0.29, 0.717) is 22.6 Å². The normalized spacial score (nSPS) is 17.2. The lowest BCUT2D eigenvalue weighted by molar-refractivity contribution is -0.114. The van der Waals surface area contributed by atoms with Crippen LogP contribution in [0, 0.1) is 0 Å². The number of phenolic OH excluding ortho intramolecular Hbond substituents is 1. The maximum absolute atomic E-state index is 11.5. The van der Waals surface area contributed by atoms with E-state index >= 15 is 0 Å². The molecule has 0 radical (unpaired) electrons. The molecule has 7 nitrogen and oxygen atoms in total. The number of nitrogen functional groups attached to an aromatic ring is 2. The summed E-state index contributed by atoms with van der Waals surface area (Å²) in [5.74, 6) is 0.269. The number of hydrogen-bond acceptors (Lipinski definition) is 6. The topological polar surface area (TPSA) is 126 Å². The van der Waals surface area contributed by atoms with Crippen molar-refractivity contribution in [1.82, 2.24) is 10.3 Å². The van der Waals surface area contributed by atoms with Crippen molar-refractivity contribution in [3.05, 3.63) is 29.8 Å². The Kier molecular flexibility index (Phi) is 4.76. The van der Waals surface area contributed by atoms with Crippen LogP contribution in [0.1, 0.15) is 31.2 Å². The highest BCUT2D eigenvalue weighted by Crippen LogP contribution is 2.39. The Morgan fingerprint density at radius 2 is 2.20 bits per heavy atom. The van der Waals surface area contributed by atoms with Gasteiger partial charge in [-0.3, -0.25) is 4.79 Å². The number of piperidine rings is 1. The number of carbonyl (C=O) groups excluding carboxylic acids is 1. The number of benzene rings is 1. The maximum atomic E-state index is 11.5. The van der Waals surface area contributed by atoms with Crippen molar-refractivity contribution in [1.29, 1.82) is 0 Å². The summed E-state index contributed by atoms with van der Waals surface area (Å²) < 4.78 is 0. The van der Waals surface area contributed by atoms with Gasteiger partial charge in [0.05, 0.1) is 22.6 Å². The van der Waals surface area contributed by atoms with Crippen LogP contribution in [-0.4, -0.2) is 29.1 Å². The van der Waals surface area contributed by atoms with Crippen LogP contribution in [0.25, 0.3) is 11.3 Å². The van der Waals surface area contributed by atoms with Gasteiger partial charge in [0.15, 0.2) is 0 Å². The van der Waals surface area contributed by atoms with Crippen molar-refractivity contribution in [3.63, 3.8) is 0 Å². The molecule has 25 heavy (non-hydrogen) atoms. The van der Waals surface area contributed by atoms with E-state index in [-0.39, 0.29) is 23.4 Å². The van der Waals surface area contributed by atoms with E-state index in [1.165, 1.54) is 6.92 Å². The van der Waals surface area contributed by atoms with Crippen LogP contribution in [0.4, 0.5) is 17.2 Å². The number of nitrogens with one attached hydrogen (secondary N) is 2. The Morgan fingerprint density at radius 1 is 1.40 bits per heavy atom. The number of amides is 1. The lowest BCUT2D eigenvalue weighted by Gasteiger charge is -2.25. The van der Waals surface area contributed by atoms with E-state index in [0.717, 1.165) is 31.5 Å². The number of phenols is 1. The van der Waals surface area contributed by atoms with Crippen molar-refractivity contribution < 1.29 is 9.90 Å². The molecule has 2 aromatic rings. The molecule has 1 unspecified atom stereocenters. The molecule has 0 spiro atoms. The van der Waals surface area contributed by atoms with E-state index in [4.69, 9.17) is 11.5 Å². The smallest absolute Gasteiger partial charge is 0.221 e. The summed E-state index contributed by atoms with van der Waals surface area (Å²) in [7, 11) is 0. The summed E-state index contributed by atoms with van der Waals surface area (Å²) in [6, 6.07) is 6.80. The van der Waals surface area contributed by atoms with E-state index in [1.54, 1.807) is 18.2 Å². The van der Waals surface area contributed by atoms with Crippen molar-refractivity contribution >= 4 is 23.1 Å². The first-order chi connectivity index (χ1) is 12.0. The predicted octanol–water partition coefficient (Wildman–Crippen LogP) is 2.04. The first-order valence-electron chi connectivity index (χ1n) is 8.34. The van der Waals surface area contributed by atoms with Crippen molar-refractivity contribution in [2.75, 3.05) is 29.9 Å². The average molecular weight is 341 g/mol. The van der Waals surface area contributed by atoms with Crippen LogP contribution in [0.15, 0.2) is 24.3 Å². The number of hydrogen-bond donors (Lipinski definition) is 5. The quantitative estimate of drug-likeness (QED) is 0.581. The van der Waals surface area contributed by atoms with Gasteiger partial charge >= 0.3 is 0 Å². The lowest BCUT2D eigenvalue weighted by Crippen LogP contribution is -2.29. The third-order valence-electron chi connectivity index (χ3n) is 4.47. The number of nitrogens with zero attached hydrogens (tertiary/aromatic N) is 1. The fourth-order valence-electron chi connectivity index (χ4n) is 3.28. The van der Waals surface area contributed by atoms with Gasteiger partial charge in [-0.1, -0.05) is 6.07 Å². The molecule has 1 aliphatic heterocycles. The molecular formula is C18H23N5O2. The van der Waals surface area contributed by atoms with Gasteiger partial charge in [-0.2, -0.15) is 0 Å². The van der Waals surface area contributed by atoms with Crippen LogP contribution in [0.5, 0.6) is 5.75 Å². The van der Waals surface area contributed by atoms with Gasteiger partial charge in [-0.25, -0.2) is 4.98 Å². The Balaban J connectivity index is 2.12. The maximum Gasteiger partial charge on any atom is 0.221 e. The Labute approximate surface area is 146 Å². The molecule has 3 rings (SSSR count).